The second-order valence-corrected chi connectivity index (χ2v) is 8.72. The van der Waals surface area contributed by atoms with Crippen LogP contribution in [0.2, 0.25) is 0 Å². The highest BCUT2D eigenvalue weighted by Crippen LogP contribution is 2.34. The number of fused-ring (bicyclic) bond motifs is 1. The van der Waals surface area contributed by atoms with Gasteiger partial charge in [-0.1, -0.05) is 43.4 Å². The number of aromatic nitrogens is 2. The van der Waals surface area contributed by atoms with Gasteiger partial charge >= 0.3 is 0 Å². The summed E-state index contributed by atoms with van der Waals surface area (Å²) in [6.07, 6.45) is 4.43. The molecule has 0 unspecified atom stereocenters. The summed E-state index contributed by atoms with van der Waals surface area (Å²) in [6.45, 7) is 6.57. The van der Waals surface area contributed by atoms with E-state index in [1.54, 1.807) is 0 Å². The fraction of sp³-hybridized carbons (Fsp3) is 0.429. The van der Waals surface area contributed by atoms with E-state index < -0.39 is 0 Å². The van der Waals surface area contributed by atoms with E-state index in [1.165, 1.54) is 27.8 Å². The fourth-order valence-electron chi connectivity index (χ4n) is 3.87. The number of likely N-dealkylation sites (tertiary alicyclic amines) is 1. The number of carbonyl (C=O) groups excluding carboxylic acids is 1. The molecule has 2 aromatic heterocycles. The average molecular weight is 383 g/mol. The van der Waals surface area contributed by atoms with Gasteiger partial charge in [-0.25, -0.2) is 4.98 Å². The third-order valence-corrected chi connectivity index (χ3v) is 6.43. The molecule has 1 fully saturated rings. The predicted octanol–water partition coefficient (Wildman–Crippen LogP) is 4.42. The molecule has 1 aliphatic heterocycles. The highest BCUT2D eigenvalue weighted by Gasteiger charge is 2.25. The van der Waals surface area contributed by atoms with E-state index in [9.17, 15) is 4.79 Å². The molecule has 3 heterocycles. The van der Waals surface area contributed by atoms with Gasteiger partial charge in [-0.2, -0.15) is 0 Å². The van der Waals surface area contributed by atoms with Crippen LogP contribution in [0.25, 0.3) is 10.9 Å². The van der Waals surface area contributed by atoms with Gasteiger partial charge < -0.3 is 10.7 Å². The molecule has 0 aliphatic carbocycles. The first kappa shape index (κ1) is 18.2. The smallest absolute Gasteiger partial charge is 0.193 e. The highest BCUT2D eigenvalue weighted by molar-refractivity contribution is 7.17. The molecule has 1 aromatic carbocycles. The molecule has 3 aromatic rings. The number of benzene rings is 1. The van der Waals surface area contributed by atoms with E-state index in [0.717, 1.165) is 38.2 Å². The summed E-state index contributed by atoms with van der Waals surface area (Å²) in [5.74, 6) is 0.620. The number of nitrogen functional groups attached to an aromatic ring is 1. The molecule has 0 saturated carbocycles. The normalized spacial score (nSPS) is 16.4. The summed E-state index contributed by atoms with van der Waals surface area (Å²) < 4.78 is 0. The molecule has 1 aliphatic rings. The van der Waals surface area contributed by atoms with Crippen molar-refractivity contribution in [2.45, 2.75) is 39.2 Å². The largest absolute Gasteiger partial charge is 0.389 e. The Balaban J connectivity index is 1.41. The van der Waals surface area contributed by atoms with Crippen LogP contribution < -0.4 is 5.73 Å². The van der Waals surface area contributed by atoms with Crippen LogP contribution in [-0.2, 0) is 6.54 Å². The molecule has 0 atom stereocenters. The average Bonchev–Trinajstić information content (AvgIpc) is 3.26. The van der Waals surface area contributed by atoms with Gasteiger partial charge in [0, 0.05) is 29.6 Å². The van der Waals surface area contributed by atoms with Crippen LogP contribution in [0.1, 0.15) is 53.7 Å². The SMILES string of the molecule is CC(C)C(=O)c1nc(CN2CCC(c3c[nH]c4ccccc34)CC2)c(N)s1. The first-order valence-corrected chi connectivity index (χ1v) is 10.4. The van der Waals surface area contributed by atoms with E-state index in [4.69, 9.17) is 5.73 Å². The van der Waals surface area contributed by atoms with Gasteiger partial charge in [0.25, 0.3) is 0 Å². The van der Waals surface area contributed by atoms with E-state index in [-0.39, 0.29) is 11.7 Å². The Labute approximate surface area is 163 Å². The van der Waals surface area contributed by atoms with Crippen molar-refractivity contribution in [3.8, 4) is 0 Å². The first-order valence-electron chi connectivity index (χ1n) is 9.60. The summed E-state index contributed by atoms with van der Waals surface area (Å²) >= 11 is 1.33. The van der Waals surface area contributed by atoms with Crippen molar-refractivity contribution in [1.82, 2.24) is 14.9 Å². The summed E-state index contributed by atoms with van der Waals surface area (Å²) in [7, 11) is 0. The van der Waals surface area contributed by atoms with Gasteiger partial charge in [0.2, 0.25) is 0 Å². The molecule has 5 nitrogen and oxygen atoms in total. The molecular formula is C21H26N4OS. The number of aromatic amines is 1. The van der Waals surface area contributed by atoms with Crippen LogP contribution in [-0.4, -0.2) is 33.7 Å². The van der Waals surface area contributed by atoms with Crippen LogP contribution >= 0.6 is 11.3 Å². The molecule has 0 spiro atoms. The zero-order chi connectivity index (χ0) is 19.0. The Hall–Kier alpha value is -2.18. The maximum Gasteiger partial charge on any atom is 0.193 e. The topological polar surface area (TPSA) is 75.0 Å². The van der Waals surface area contributed by atoms with Crippen molar-refractivity contribution in [1.29, 1.82) is 0 Å². The first-order chi connectivity index (χ1) is 13.0. The van der Waals surface area contributed by atoms with E-state index in [0.29, 0.717) is 15.9 Å². The van der Waals surface area contributed by atoms with Gasteiger partial charge in [-0.15, -0.1) is 0 Å². The number of nitrogens with one attached hydrogen (secondary N) is 1. The molecule has 0 amide bonds. The number of hydrogen-bond acceptors (Lipinski definition) is 5. The van der Waals surface area contributed by atoms with Crippen molar-refractivity contribution >= 4 is 33.0 Å². The van der Waals surface area contributed by atoms with Crippen molar-refractivity contribution in [2.75, 3.05) is 18.8 Å². The second kappa shape index (κ2) is 7.44. The molecule has 3 N–H and O–H groups in total. The molecular weight excluding hydrogens is 356 g/mol. The number of para-hydroxylation sites is 1. The zero-order valence-corrected chi connectivity index (χ0v) is 16.7. The number of nitrogens with two attached hydrogens (primary N) is 1. The van der Waals surface area contributed by atoms with Crippen molar-refractivity contribution in [2.24, 2.45) is 5.92 Å². The number of Topliss-reactive ketones (excluding diaryl/α,β-unsaturated/α-hetero) is 1. The van der Waals surface area contributed by atoms with Crippen molar-refractivity contribution < 1.29 is 4.79 Å². The lowest BCUT2D eigenvalue weighted by Gasteiger charge is -2.31. The summed E-state index contributed by atoms with van der Waals surface area (Å²) in [4.78, 5) is 22.5. The quantitative estimate of drug-likeness (QED) is 0.640. The predicted molar refractivity (Wildman–Crippen MR) is 111 cm³/mol. The second-order valence-electron chi connectivity index (χ2n) is 7.69. The van der Waals surface area contributed by atoms with Crippen molar-refractivity contribution in [3.63, 3.8) is 0 Å². The van der Waals surface area contributed by atoms with Crippen LogP contribution in [0, 0.1) is 5.92 Å². The molecule has 0 bridgehead atoms. The Morgan fingerprint density at radius 1 is 1.33 bits per heavy atom. The van der Waals surface area contributed by atoms with Gasteiger partial charge in [-0.05, 0) is 43.5 Å². The molecule has 6 heteroatoms. The van der Waals surface area contributed by atoms with Gasteiger partial charge in [0.1, 0.15) is 5.00 Å². The number of nitrogens with zero attached hydrogens (tertiary/aromatic N) is 2. The number of ketones is 1. The standard InChI is InChI=1S/C21H26N4OS/c1-13(2)19(26)21-24-18(20(22)27-21)12-25-9-7-14(8-10-25)16-11-23-17-6-4-3-5-15(16)17/h3-6,11,13-14,23H,7-10,12,22H2,1-2H3. The minimum atomic E-state index is -0.0460. The summed E-state index contributed by atoms with van der Waals surface area (Å²) in [5, 5.41) is 2.57. The molecule has 142 valence electrons. The van der Waals surface area contributed by atoms with E-state index in [2.05, 4.69) is 45.3 Å². The van der Waals surface area contributed by atoms with E-state index in [1.807, 2.05) is 13.8 Å². The third kappa shape index (κ3) is 3.64. The number of hydrogen-bond donors (Lipinski definition) is 2. The summed E-state index contributed by atoms with van der Waals surface area (Å²) in [5.41, 5.74) is 9.64. The number of piperidine rings is 1. The molecule has 0 radical (unpaired) electrons. The fourth-order valence-corrected chi connectivity index (χ4v) is 4.80. The Morgan fingerprint density at radius 2 is 2.07 bits per heavy atom. The monoisotopic (exact) mass is 382 g/mol. The maximum atomic E-state index is 12.2. The Bertz CT molecular complexity index is 950. The lowest BCUT2D eigenvalue weighted by molar-refractivity contribution is 0.0938. The van der Waals surface area contributed by atoms with E-state index >= 15 is 0 Å². The van der Waals surface area contributed by atoms with Gasteiger partial charge in [-0.3, -0.25) is 9.69 Å². The number of anilines is 1. The van der Waals surface area contributed by atoms with Crippen molar-refractivity contribution in [3.05, 3.63) is 46.7 Å². The lowest BCUT2D eigenvalue weighted by Crippen LogP contribution is -2.32. The molecule has 27 heavy (non-hydrogen) atoms. The van der Waals surface area contributed by atoms with Crippen LogP contribution in [0.3, 0.4) is 0 Å². The highest BCUT2D eigenvalue weighted by atomic mass is 32.1. The number of carbonyl (C=O) groups is 1. The van der Waals surface area contributed by atoms with Crippen LogP contribution in [0.5, 0.6) is 0 Å². The van der Waals surface area contributed by atoms with Gasteiger partial charge in [0.05, 0.1) is 5.69 Å². The van der Waals surface area contributed by atoms with Crippen LogP contribution in [0.15, 0.2) is 30.5 Å². The third-order valence-electron chi connectivity index (χ3n) is 5.48. The van der Waals surface area contributed by atoms with Gasteiger partial charge in [0.15, 0.2) is 10.8 Å². The lowest BCUT2D eigenvalue weighted by atomic mass is 9.89. The Kier molecular flexibility index (Phi) is 5.02. The Morgan fingerprint density at radius 3 is 2.81 bits per heavy atom. The molecule has 4 rings (SSSR count). The maximum absolute atomic E-state index is 12.2. The number of thiazole rings is 1. The summed E-state index contributed by atoms with van der Waals surface area (Å²) in [6, 6.07) is 8.52. The zero-order valence-electron chi connectivity index (χ0n) is 15.9. The number of rotatable bonds is 5. The minimum Gasteiger partial charge on any atom is -0.389 e. The minimum absolute atomic E-state index is 0.0460. The number of H-pyrrole nitrogens is 1. The molecule has 1 saturated heterocycles. The van der Waals surface area contributed by atoms with Crippen LogP contribution in [0.4, 0.5) is 5.00 Å².